The number of rotatable bonds is 10. The molecule has 1 fully saturated rings. The van der Waals surface area contributed by atoms with Gasteiger partial charge in [-0.1, -0.05) is 6.42 Å². The molecule has 0 saturated heterocycles. The molecule has 0 aromatic carbocycles. The Morgan fingerprint density at radius 1 is 1.26 bits per heavy atom. The summed E-state index contributed by atoms with van der Waals surface area (Å²) < 4.78 is 11.2. The fourth-order valence-corrected chi connectivity index (χ4v) is 3.44. The number of aromatic nitrogens is 1. The van der Waals surface area contributed by atoms with E-state index in [9.17, 15) is 9.59 Å². The quantitative estimate of drug-likeness (QED) is 0.291. The summed E-state index contributed by atoms with van der Waals surface area (Å²) in [7, 11) is 1.63. The zero-order valence-corrected chi connectivity index (χ0v) is 18.8. The van der Waals surface area contributed by atoms with Crippen molar-refractivity contribution in [3.63, 3.8) is 0 Å². The molecule has 9 nitrogen and oxygen atoms in total. The van der Waals surface area contributed by atoms with Crippen LogP contribution >= 0.6 is 0 Å². The normalized spacial score (nSPS) is 15.1. The third-order valence-electron chi connectivity index (χ3n) is 5.20. The second-order valence-corrected chi connectivity index (χ2v) is 7.92. The predicted molar refractivity (Wildman–Crippen MR) is 119 cm³/mol. The van der Waals surface area contributed by atoms with Crippen LogP contribution < -0.4 is 21.6 Å². The smallest absolute Gasteiger partial charge is 0.407 e. The molecule has 5 N–H and O–H groups in total. The van der Waals surface area contributed by atoms with Crippen molar-refractivity contribution in [2.24, 2.45) is 11.6 Å². The van der Waals surface area contributed by atoms with Gasteiger partial charge in [0.05, 0.1) is 42.0 Å². The Balaban J connectivity index is 2.00. The van der Waals surface area contributed by atoms with E-state index in [-0.39, 0.29) is 25.0 Å². The van der Waals surface area contributed by atoms with E-state index in [0.29, 0.717) is 29.9 Å². The number of nitrogens with zero attached hydrogens (tertiary/aromatic N) is 2. The number of likely N-dealkylation sites (N-methyl/N-ethyl adjacent to an activating group) is 1. The summed E-state index contributed by atoms with van der Waals surface area (Å²) in [6, 6.07) is 3.67. The van der Waals surface area contributed by atoms with E-state index in [1.54, 1.807) is 13.1 Å². The van der Waals surface area contributed by atoms with Crippen LogP contribution in [0.3, 0.4) is 0 Å². The van der Waals surface area contributed by atoms with E-state index in [4.69, 9.17) is 21.1 Å². The molecule has 0 radical (unpaired) electrons. The molecule has 0 spiro atoms. The number of hydrazine groups is 1. The van der Waals surface area contributed by atoms with Crippen molar-refractivity contribution in [2.45, 2.75) is 64.9 Å². The topological polar surface area (TPSA) is 133 Å². The number of ether oxygens (including phenoxy) is 2. The average molecular weight is 434 g/mol. The number of carbonyl (C=O) groups is 2. The van der Waals surface area contributed by atoms with E-state index >= 15 is 0 Å². The highest BCUT2D eigenvalue weighted by Crippen LogP contribution is 2.26. The van der Waals surface area contributed by atoms with E-state index in [1.165, 1.54) is 31.2 Å². The van der Waals surface area contributed by atoms with Gasteiger partial charge >= 0.3 is 6.09 Å². The zero-order valence-electron chi connectivity index (χ0n) is 18.8. The number of pyridine rings is 1. The second-order valence-electron chi connectivity index (χ2n) is 7.92. The molecule has 1 aromatic rings. The number of ketones is 1. The molecule has 2 rings (SSSR count). The van der Waals surface area contributed by atoms with Crippen LogP contribution in [0.1, 0.15) is 63.3 Å². The van der Waals surface area contributed by atoms with Crippen molar-refractivity contribution < 1.29 is 19.1 Å². The highest BCUT2D eigenvalue weighted by molar-refractivity contribution is 5.75. The Kier molecular flexibility index (Phi) is 9.58. The van der Waals surface area contributed by atoms with Crippen LogP contribution in [0.15, 0.2) is 17.8 Å². The minimum absolute atomic E-state index is 0.0599. The summed E-state index contributed by atoms with van der Waals surface area (Å²) >= 11 is 0. The average Bonchev–Trinajstić information content (AvgIpc) is 2.73. The standard InChI is InChI=1S/C22H35N5O4/c1-15(28)8-7-13-30-22(29)25-14-19(27(3)24)21(23)18-11-12-20(16(2)26-18)31-17-9-5-4-6-10-17/h11-12,17H,4-10,13-14,23-24H2,1-3H3,(H,25,29)/b21-19-. The van der Waals surface area contributed by atoms with Crippen LogP contribution in [0.5, 0.6) is 5.75 Å². The maximum Gasteiger partial charge on any atom is 0.407 e. The molecule has 1 amide bonds. The molecule has 1 heterocycles. The molecule has 31 heavy (non-hydrogen) atoms. The lowest BCUT2D eigenvalue weighted by Crippen LogP contribution is -2.36. The lowest BCUT2D eigenvalue weighted by molar-refractivity contribution is -0.117. The van der Waals surface area contributed by atoms with Gasteiger partial charge in [-0.25, -0.2) is 15.6 Å². The monoisotopic (exact) mass is 433 g/mol. The van der Waals surface area contributed by atoms with Crippen molar-refractivity contribution in [2.75, 3.05) is 20.2 Å². The number of aryl methyl sites for hydroxylation is 1. The largest absolute Gasteiger partial charge is 0.489 e. The number of amides is 1. The number of Topliss-reactive ketones (excluding diaryl/α,β-unsaturated/α-hetero) is 1. The number of nitrogens with one attached hydrogen (secondary N) is 1. The third kappa shape index (κ3) is 8.09. The van der Waals surface area contributed by atoms with Crippen molar-refractivity contribution in [3.05, 3.63) is 29.2 Å². The van der Waals surface area contributed by atoms with Crippen LogP contribution in [0.2, 0.25) is 0 Å². The van der Waals surface area contributed by atoms with Crippen LogP contribution in [-0.4, -0.2) is 48.2 Å². The zero-order chi connectivity index (χ0) is 22.8. The van der Waals surface area contributed by atoms with E-state index in [0.717, 1.165) is 24.3 Å². The van der Waals surface area contributed by atoms with Gasteiger partial charge in [-0.3, -0.25) is 0 Å². The molecule has 9 heteroatoms. The van der Waals surface area contributed by atoms with Crippen LogP contribution in [-0.2, 0) is 9.53 Å². The Bertz CT molecular complexity index is 788. The Hall–Kier alpha value is -2.81. The highest BCUT2D eigenvalue weighted by atomic mass is 16.5. The van der Waals surface area contributed by atoms with Crippen molar-refractivity contribution in [1.82, 2.24) is 15.3 Å². The summed E-state index contributed by atoms with van der Waals surface area (Å²) in [5.41, 5.74) is 8.47. The van der Waals surface area contributed by atoms with Gasteiger partial charge in [0.1, 0.15) is 11.5 Å². The van der Waals surface area contributed by atoms with Crippen LogP contribution in [0.4, 0.5) is 4.79 Å². The van der Waals surface area contributed by atoms with E-state index < -0.39 is 6.09 Å². The first-order chi connectivity index (χ1) is 14.8. The first-order valence-electron chi connectivity index (χ1n) is 10.8. The molecule has 0 atom stereocenters. The molecule has 1 aliphatic rings. The molecule has 1 aromatic heterocycles. The number of hydrogen-bond donors (Lipinski definition) is 3. The van der Waals surface area contributed by atoms with Crippen molar-refractivity contribution >= 4 is 17.6 Å². The molecule has 1 aliphatic carbocycles. The summed E-state index contributed by atoms with van der Waals surface area (Å²) in [5, 5.41) is 3.97. The Morgan fingerprint density at radius 2 is 1.97 bits per heavy atom. The molecular formula is C22H35N5O4. The highest BCUT2D eigenvalue weighted by Gasteiger charge is 2.18. The van der Waals surface area contributed by atoms with Gasteiger partial charge in [-0.05, 0) is 58.1 Å². The van der Waals surface area contributed by atoms with Crippen LogP contribution in [0.25, 0.3) is 5.70 Å². The van der Waals surface area contributed by atoms with Gasteiger partial charge in [0, 0.05) is 13.5 Å². The summed E-state index contributed by atoms with van der Waals surface area (Å²) in [5.74, 6) is 6.74. The van der Waals surface area contributed by atoms with Gasteiger partial charge in [0.2, 0.25) is 0 Å². The van der Waals surface area contributed by atoms with Crippen molar-refractivity contribution in [3.8, 4) is 5.75 Å². The molecular weight excluding hydrogens is 398 g/mol. The molecule has 0 bridgehead atoms. The predicted octanol–water partition coefficient (Wildman–Crippen LogP) is 2.63. The fourth-order valence-electron chi connectivity index (χ4n) is 3.44. The molecule has 0 aliphatic heterocycles. The summed E-state index contributed by atoms with van der Waals surface area (Å²) in [4.78, 5) is 27.4. The number of carbonyl (C=O) groups excluding carboxylic acids is 2. The fraction of sp³-hybridized carbons (Fsp3) is 0.591. The summed E-state index contributed by atoms with van der Waals surface area (Å²) in [6.45, 7) is 3.63. The molecule has 0 unspecified atom stereocenters. The maximum absolute atomic E-state index is 11.9. The van der Waals surface area contributed by atoms with Gasteiger partial charge < -0.3 is 30.3 Å². The third-order valence-corrected chi connectivity index (χ3v) is 5.20. The minimum Gasteiger partial charge on any atom is -0.489 e. The molecule has 172 valence electrons. The van der Waals surface area contributed by atoms with Crippen LogP contribution in [0, 0.1) is 6.92 Å². The number of alkyl carbamates (subject to hydrolysis) is 1. The minimum atomic E-state index is -0.601. The Morgan fingerprint density at radius 3 is 2.58 bits per heavy atom. The molecule has 1 saturated carbocycles. The lowest BCUT2D eigenvalue weighted by atomic mass is 9.98. The van der Waals surface area contributed by atoms with Crippen molar-refractivity contribution in [1.29, 1.82) is 0 Å². The summed E-state index contributed by atoms with van der Waals surface area (Å²) in [6.07, 6.45) is 6.31. The first kappa shape index (κ1) is 24.5. The number of nitrogens with two attached hydrogens (primary N) is 2. The van der Waals surface area contributed by atoms with Gasteiger partial charge in [0.25, 0.3) is 0 Å². The Labute approximate surface area is 184 Å². The number of hydrogen-bond acceptors (Lipinski definition) is 8. The van der Waals surface area contributed by atoms with Gasteiger partial charge in [-0.15, -0.1) is 0 Å². The van der Waals surface area contributed by atoms with Gasteiger partial charge in [-0.2, -0.15) is 0 Å². The van der Waals surface area contributed by atoms with E-state index in [2.05, 4.69) is 10.3 Å². The lowest BCUT2D eigenvalue weighted by Gasteiger charge is -2.24. The first-order valence-corrected chi connectivity index (χ1v) is 10.8. The van der Waals surface area contributed by atoms with E-state index in [1.807, 2.05) is 13.0 Å². The SMILES string of the molecule is CC(=O)CCCOC(=O)NC/C(=C(/N)c1ccc(OC2CCCCC2)c(C)n1)N(C)N. The second kappa shape index (κ2) is 12.1. The maximum atomic E-state index is 11.9. The van der Waals surface area contributed by atoms with Gasteiger partial charge in [0.15, 0.2) is 0 Å².